The number of halogens is 8. The Hall–Kier alpha value is -3.45. The van der Waals surface area contributed by atoms with Crippen LogP contribution in [0.1, 0.15) is 21.5 Å². The molecule has 0 amide bonds. The van der Waals surface area contributed by atoms with Crippen LogP contribution in [-0.2, 0) is 0 Å². The Morgan fingerprint density at radius 3 is 1.48 bits per heavy atom. The van der Waals surface area contributed by atoms with Gasteiger partial charge in [0, 0.05) is 17.1 Å². The first-order valence-corrected chi connectivity index (χ1v) is 12.7. The molecule has 0 N–H and O–H groups in total. The second-order valence-electron chi connectivity index (χ2n) is 7.33. The minimum Gasteiger partial charge on any atom is -0.487 e. The number of thiol groups is 1. The number of thioether (sulfide) groups is 1. The van der Waals surface area contributed by atoms with E-state index in [0.29, 0.717) is 17.7 Å². The molecule has 3 aromatic rings. The van der Waals surface area contributed by atoms with Crippen molar-refractivity contribution in [2.24, 2.45) is 0 Å². The molecule has 214 valence electrons. The van der Waals surface area contributed by atoms with Crippen molar-refractivity contribution in [3.63, 3.8) is 0 Å². The quantitative estimate of drug-likeness (QED) is 0.109. The van der Waals surface area contributed by atoms with E-state index < -0.39 is 69.2 Å². The highest BCUT2D eigenvalue weighted by Crippen LogP contribution is 2.31. The van der Waals surface area contributed by atoms with Gasteiger partial charge < -0.3 is 9.47 Å². The van der Waals surface area contributed by atoms with Crippen LogP contribution in [0.2, 0.25) is 0 Å². The fraction of sp³-hybridized carbons (Fsp3) is 0.148. The van der Waals surface area contributed by atoms with Gasteiger partial charge in [-0.1, -0.05) is 67.4 Å². The lowest BCUT2D eigenvalue weighted by atomic mass is 10.1. The molecular weight excluding hydrogens is 588 g/mol. The van der Waals surface area contributed by atoms with Gasteiger partial charge in [0.1, 0.15) is 0 Å². The van der Waals surface area contributed by atoms with Gasteiger partial charge in [0.15, 0.2) is 34.8 Å². The Kier molecular flexibility index (Phi) is 12.6. The molecule has 0 unspecified atom stereocenters. The van der Waals surface area contributed by atoms with Crippen molar-refractivity contribution >= 4 is 41.7 Å². The standard InChI is InChI=1S/C17H12F4O2S.C10H8F4OS/c1-2-11-12(18)14(20)16(15(21)13(11)19)23-8-9-24-17(22)10-6-4-3-5-7-10;1-2-5-6(11)8(13)10(15-3-4-16)9(14)7(5)12/h2-7H,1,8-9H2;2,16H,1,3-4H2. The number of hydrogen-bond donors (Lipinski definition) is 1. The van der Waals surface area contributed by atoms with Gasteiger partial charge >= 0.3 is 0 Å². The van der Waals surface area contributed by atoms with E-state index in [4.69, 9.17) is 4.74 Å². The van der Waals surface area contributed by atoms with Gasteiger partial charge in [0.25, 0.3) is 0 Å². The number of rotatable bonds is 10. The molecule has 3 aromatic carbocycles. The highest BCUT2D eigenvalue weighted by Gasteiger charge is 2.26. The lowest BCUT2D eigenvalue weighted by molar-refractivity contribution is 0.108. The van der Waals surface area contributed by atoms with Crippen molar-refractivity contribution in [3.05, 3.63) is 107 Å². The van der Waals surface area contributed by atoms with Crippen LogP contribution in [0, 0.1) is 46.5 Å². The monoisotopic (exact) mass is 608 g/mol. The molecule has 0 spiro atoms. The van der Waals surface area contributed by atoms with Crippen molar-refractivity contribution in [1.29, 1.82) is 0 Å². The number of benzene rings is 3. The Bertz CT molecular complexity index is 1330. The molecule has 0 radical (unpaired) electrons. The summed E-state index contributed by atoms with van der Waals surface area (Å²) in [5.74, 6) is -14.6. The molecule has 3 rings (SSSR count). The van der Waals surface area contributed by atoms with Gasteiger partial charge in [-0.15, -0.1) is 0 Å². The minimum atomic E-state index is -1.64. The molecular formula is C27H20F8O3S2. The number of carbonyl (C=O) groups excluding carboxylic acids is 1. The second kappa shape index (κ2) is 15.4. The fourth-order valence-electron chi connectivity index (χ4n) is 2.95. The smallest absolute Gasteiger partial charge is 0.219 e. The largest absolute Gasteiger partial charge is 0.487 e. The molecule has 0 saturated carbocycles. The zero-order valence-corrected chi connectivity index (χ0v) is 22.1. The molecule has 13 heteroatoms. The molecule has 0 atom stereocenters. The van der Waals surface area contributed by atoms with Crippen molar-refractivity contribution in [3.8, 4) is 11.5 Å². The van der Waals surface area contributed by atoms with Crippen molar-refractivity contribution < 1.29 is 49.4 Å². The summed E-state index contributed by atoms with van der Waals surface area (Å²) in [5, 5.41) is -0.250. The molecule has 0 fully saturated rings. The molecule has 0 bridgehead atoms. The molecule has 0 aromatic heterocycles. The summed E-state index contributed by atoms with van der Waals surface area (Å²) in [4.78, 5) is 11.8. The molecule has 0 saturated heterocycles. The van der Waals surface area contributed by atoms with Gasteiger partial charge in [-0.25, -0.2) is 17.6 Å². The maximum absolute atomic E-state index is 13.7. The van der Waals surface area contributed by atoms with E-state index in [9.17, 15) is 39.9 Å². The third-order valence-electron chi connectivity index (χ3n) is 4.83. The molecule has 40 heavy (non-hydrogen) atoms. The van der Waals surface area contributed by atoms with E-state index in [1.165, 1.54) is 0 Å². The average molecular weight is 609 g/mol. The highest BCUT2D eigenvalue weighted by molar-refractivity contribution is 8.14. The van der Waals surface area contributed by atoms with Gasteiger partial charge in [0.2, 0.25) is 28.4 Å². The van der Waals surface area contributed by atoms with Crippen LogP contribution in [0.15, 0.2) is 43.5 Å². The van der Waals surface area contributed by atoms with Crippen molar-refractivity contribution in [2.45, 2.75) is 0 Å². The van der Waals surface area contributed by atoms with Crippen molar-refractivity contribution in [2.75, 3.05) is 24.7 Å². The first-order chi connectivity index (χ1) is 19.0. The Morgan fingerprint density at radius 1 is 0.700 bits per heavy atom. The number of hydrogen-bond acceptors (Lipinski definition) is 5. The third kappa shape index (κ3) is 7.60. The summed E-state index contributed by atoms with van der Waals surface area (Å²) < 4.78 is 117. The Labute approximate surface area is 233 Å². The number of ether oxygens (including phenoxy) is 2. The Morgan fingerprint density at radius 2 is 1.10 bits per heavy atom. The zero-order valence-electron chi connectivity index (χ0n) is 20.4. The van der Waals surface area contributed by atoms with E-state index in [2.05, 4.69) is 30.5 Å². The predicted molar refractivity (Wildman–Crippen MR) is 141 cm³/mol. The SMILES string of the molecule is C=Cc1c(F)c(F)c(OCCS)c(F)c1F.C=Cc1c(F)c(F)c(OCCSC(=O)c2ccccc2)c(F)c1F. The van der Waals surface area contributed by atoms with Crippen molar-refractivity contribution in [1.82, 2.24) is 0 Å². The van der Waals surface area contributed by atoms with Gasteiger partial charge in [-0.3, -0.25) is 4.79 Å². The van der Waals surface area contributed by atoms with Crippen LogP contribution >= 0.6 is 24.4 Å². The summed E-state index contributed by atoms with van der Waals surface area (Å²) in [6, 6.07) is 8.39. The first-order valence-electron chi connectivity index (χ1n) is 11.1. The maximum Gasteiger partial charge on any atom is 0.219 e. The molecule has 0 heterocycles. The normalized spacial score (nSPS) is 10.4. The second-order valence-corrected chi connectivity index (χ2v) is 8.84. The van der Waals surface area contributed by atoms with E-state index in [-0.39, 0.29) is 29.8 Å². The minimum absolute atomic E-state index is 0.0546. The van der Waals surface area contributed by atoms with Crippen LogP contribution in [0.25, 0.3) is 12.2 Å². The highest BCUT2D eigenvalue weighted by atomic mass is 32.2. The number of carbonyl (C=O) groups is 1. The lowest BCUT2D eigenvalue weighted by Gasteiger charge is -2.11. The molecule has 3 nitrogen and oxygen atoms in total. The summed E-state index contributed by atoms with van der Waals surface area (Å²) in [6.07, 6.45) is 1.37. The maximum atomic E-state index is 13.7. The Balaban J connectivity index is 0.000000305. The summed E-state index contributed by atoms with van der Waals surface area (Å²) >= 11 is 4.60. The zero-order chi connectivity index (χ0) is 30.0. The average Bonchev–Trinajstić information content (AvgIpc) is 2.96. The van der Waals surface area contributed by atoms with E-state index in [1.54, 1.807) is 30.3 Å². The fourth-order valence-corrected chi connectivity index (χ4v) is 3.70. The molecule has 0 aliphatic carbocycles. The van der Waals surface area contributed by atoms with E-state index >= 15 is 0 Å². The van der Waals surface area contributed by atoms with Gasteiger partial charge in [-0.05, 0) is 0 Å². The van der Waals surface area contributed by atoms with E-state index in [1.807, 2.05) is 0 Å². The molecule has 0 aliphatic rings. The van der Waals surface area contributed by atoms with Crippen LogP contribution in [0.3, 0.4) is 0 Å². The lowest BCUT2D eigenvalue weighted by Crippen LogP contribution is -2.09. The van der Waals surface area contributed by atoms with E-state index in [0.717, 1.165) is 11.8 Å². The third-order valence-corrected chi connectivity index (χ3v) is 5.88. The van der Waals surface area contributed by atoms with Crippen LogP contribution in [0.5, 0.6) is 11.5 Å². The van der Waals surface area contributed by atoms with Gasteiger partial charge in [0.05, 0.1) is 24.3 Å². The topological polar surface area (TPSA) is 35.5 Å². The van der Waals surface area contributed by atoms with Crippen LogP contribution in [0.4, 0.5) is 35.1 Å². The van der Waals surface area contributed by atoms with Gasteiger partial charge in [-0.2, -0.15) is 30.2 Å². The first kappa shape index (κ1) is 32.8. The van der Waals surface area contributed by atoms with Crippen LogP contribution in [-0.4, -0.2) is 29.8 Å². The predicted octanol–water partition coefficient (Wildman–Crippen LogP) is 8.03. The van der Waals surface area contributed by atoms with Crippen LogP contribution < -0.4 is 9.47 Å². The summed E-state index contributed by atoms with van der Waals surface area (Å²) in [5.41, 5.74) is -1.29. The molecule has 0 aliphatic heterocycles. The summed E-state index contributed by atoms with van der Waals surface area (Å²) in [7, 11) is 0. The summed E-state index contributed by atoms with van der Waals surface area (Å²) in [6.45, 7) is 5.69.